The average Bonchev–Trinajstić information content (AvgIpc) is 2.59. The van der Waals surface area contributed by atoms with Crippen LogP contribution in [-0.2, 0) is 4.74 Å². The molecule has 0 unspecified atom stereocenters. The summed E-state index contributed by atoms with van der Waals surface area (Å²) >= 11 is 0. The van der Waals surface area contributed by atoms with Crippen LogP contribution in [0.3, 0.4) is 0 Å². The van der Waals surface area contributed by atoms with Crippen molar-refractivity contribution in [2.45, 2.75) is 31.7 Å². The van der Waals surface area contributed by atoms with Crippen molar-refractivity contribution in [1.29, 1.82) is 0 Å². The molecule has 0 aromatic heterocycles. The van der Waals surface area contributed by atoms with Crippen LogP contribution in [0.25, 0.3) is 0 Å². The van der Waals surface area contributed by atoms with Gasteiger partial charge in [0.25, 0.3) is 0 Å². The van der Waals surface area contributed by atoms with Gasteiger partial charge >= 0.3 is 0 Å². The number of rotatable bonds is 3. The fourth-order valence-corrected chi connectivity index (χ4v) is 2.27. The van der Waals surface area contributed by atoms with Crippen LogP contribution >= 0.6 is 0 Å². The minimum atomic E-state index is -0.487. The lowest BCUT2D eigenvalue weighted by atomic mass is 9.94. The van der Waals surface area contributed by atoms with E-state index in [-0.39, 0.29) is 24.7 Å². The predicted octanol–water partition coefficient (Wildman–Crippen LogP) is 1.51. The first kappa shape index (κ1) is 11.6. The summed E-state index contributed by atoms with van der Waals surface area (Å²) in [5.74, 6) is 0.0670. The SMILES string of the molecule is C[C@@H]1[C@@H](O)[C@H](c2ccccc2)O[C@H]1CCO. The minimum Gasteiger partial charge on any atom is -0.396 e. The van der Waals surface area contributed by atoms with E-state index in [1.165, 1.54) is 0 Å². The Morgan fingerprint density at radius 1 is 1.25 bits per heavy atom. The van der Waals surface area contributed by atoms with Gasteiger partial charge in [-0.25, -0.2) is 0 Å². The Labute approximate surface area is 95.7 Å². The first-order valence-electron chi connectivity index (χ1n) is 5.73. The molecule has 1 heterocycles. The van der Waals surface area contributed by atoms with E-state index in [4.69, 9.17) is 9.84 Å². The quantitative estimate of drug-likeness (QED) is 0.815. The third-order valence-electron chi connectivity index (χ3n) is 3.30. The highest BCUT2D eigenvalue weighted by Gasteiger charge is 2.40. The maximum atomic E-state index is 10.1. The molecule has 4 atom stereocenters. The van der Waals surface area contributed by atoms with Crippen LogP contribution in [0.1, 0.15) is 25.0 Å². The second-order valence-corrected chi connectivity index (χ2v) is 4.37. The van der Waals surface area contributed by atoms with Crippen LogP contribution in [-0.4, -0.2) is 29.0 Å². The zero-order chi connectivity index (χ0) is 11.5. The van der Waals surface area contributed by atoms with E-state index < -0.39 is 6.10 Å². The maximum Gasteiger partial charge on any atom is 0.109 e. The zero-order valence-corrected chi connectivity index (χ0v) is 9.41. The standard InChI is InChI=1S/C13H18O3/c1-9-11(7-8-14)16-13(12(9)15)10-5-3-2-4-6-10/h2-6,9,11-15H,7-8H2,1H3/t9-,11-,12+,13-/m0/s1. The molecule has 3 nitrogen and oxygen atoms in total. The Kier molecular flexibility index (Phi) is 3.59. The first-order chi connectivity index (χ1) is 7.74. The summed E-state index contributed by atoms with van der Waals surface area (Å²) in [6.45, 7) is 2.07. The molecule has 0 saturated carbocycles. The second-order valence-electron chi connectivity index (χ2n) is 4.37. The lowest BCUT2D eigenvalue weighted by Crippen LogP contribution is -2.22. The molecule has 2 N–H and O–H groups in total. The summed E-state index contributed by atoms with van der Waals surface area (Å²) in [6.07, 6.45) is -0.210. The fraction of sp³-hybridized carbons (Fsp3) is 0.538. The Morgan fingerprint density at radius 3 is 2.56 bits per heavy atom. The van der Waals surface area contributed by atoms with Crippen LogP contribution in [0.2, 0.25) is 0 Å². The Hall–Kier alpha value is -0.900. The highest BCUT2D eigenvalue weighted by atomic mass is 16.5. The molecule has 1 fully saturated rings. The van der Waals surface area contributed by atoms with Crippen molar-refractivity contribution >= 4 is 0 Å². The Balaban J connectivity index is 2.13. The molecule has 0 radical (unpaired) electrons. The van der Waals surface area contributed by atoms with Crippen LogP contribution in [0.5, 0.6) is 0 Å². The van der Waals surface area contributed by atoms with Crippen LogP contribution in [0.15, 0.2) is 30.3 Å². The third kappa shape index (κ3) is 2.12. The van der Waals surface area contributed by atoms with Gasteiger partial charge in [-0.1, -0.05) is 37.3 Å². The Morgan fingerprint density at radius 2 is 1.94 bits per heavy atom. The third-order valence-corrected chi connectivity index (χ3v) is 3.30. The summed E-state index contributed by atoms with van der Waals surface area (Å²) in [5.41, 5.74) is 1.00. The first-order valence-corrected chi connectivity index (χ1v) is 5.73. The van der Waals surface area contributed by atoms with Gasteiger partial charge in [-0.15, -0.1) is 0 Å². The highest BCUT2D eigenvalue weighted by Crippen LogP contribution is 2.38. The highest BCUT2D eigenvalue weighted by molar-refractivity contribution is 5.20. The molecule has 0 amide bonds. The molecule has 1 saturated heterocycles. The van der Waals surface area contributed by atoms with Gasteiger partial charge in [0.2, 0.25) is 0 Å². The van der Waals surface area contributed by atoms with E-state index in [1.54, 1.807) is 0 Å². The van der Waals surface area contributed by atoms with Crippen molar-refractivity contribution in [2.24, 2.45) is 5.92 Å². The summed E-state index contributed by atoms with van der Waals surface area (Å²) in [6, 6.07) is 9.74. The van der Waals surface area contributed by atoms with E-state index in [1.807, 2.05) is 37.3 Å². The number of aliphatic hydroxyl groups is 2. The number of hydrogen-bond donors (Lipinski definition) is 2. The lowest BCUT2D eigenvalue weighted by Gasteiger charge is -2.15. The predicted molar refractivity (Wildman–Crippen MR) is 60.9 cm³/mol. The van der Waals surface area contributed by atoms with Gasteiger partial charge in [0, 0.05) is 12.5 Å². The van der Waals surface area contributed by atoms with Crippen LogP contribution in [0, 0.1) is 5.92 Å². The van der Waals surface area contributed by atoms with E-state index >= 15 is 0 Å². The van der Waals surface area contributed by atoms with Crippen molar-refractivity contribution in [3.8, 4) is 0 Å². The molecule has 1 aromatic carbocycles. The van der Waals surface area contributed by atoms with E-state index in [9.17, 15) is 5.11 Å². The molecular weight excluding hydrogens is 204 g/mol. The van der Waals surface area contributed by atoms with Crippen LogP contribution < -0.4 is 0 Å². The van der Waals surface area contributed by atoms with Crippen LogP contribution in [0.4, 0.5) is 0 Å². The number of benzene rings is 1. The normalized spacial score (nSPS) is 34.2. The largest absolute Gasteiger partial charge is 0.396 e. The molecule has 88 valence electrons. The topological polar surface area (TPSA) is 49.7 Å². The molecule has 0 bridgehead atoms. The van der Waals surface area contributed by atoms with Gasteiger partial charge in [0.05, 0.1) is 12.2 Å². The van der Waals surface area contributed by atoms with Crippen molar-refractivity contribution < 1.29 is 14.9 Å². The minimum absolute atomic E-state index is 0.0507. The maximum absolute atomic E-state index is 10.1. The molecule has 3 heteroatoms. The molecule has 1 aromatic rings. The number of aliphatic hydroxyl groups excluding tert-OH is 2. The van der Waals surface area contributed by atoms with Gasteiger partial charge in [-0.3, -0.25) is 0 Å². The summed E-state index contributed by atoms with van der Waals surface area (Å²) in [5, 5.41) is 19.0. The van der Waals surface area contributed by atoms with Gasteiger partial charge in [-0.2, -0.15) is 0 Å². The molecular formula is C13H18O3. The van der Waals surface area contributed by atoms with Gasteiger partial charge < -0.3 is 14.9 Å². The van der Waals surface area contributed by atoms with Crippen molar-refractivity contribution in [3.63, 3.8) is 0 Å². The fourth-order valence-electron chi connectivity index (χ4n) is 2.27. The van der Waals surface area contributed by atoms with Gasteiger partial charge in [0.15, 0.2) is 0 Å². The molecule has 0 aliphatic carbocycles. The molecule has 1 aliphatic heterocycles. The van der Waals surface area contributed by atoms with Crippen molar-refractivity contribution in [2.75, 3.05) is 6.61 Å². The van der Waals surface area contributed by atoms with Gasteiger partial charge in [-0.05, 0) is 12.0 Å². The summed E-state index contributed by atoms with van der Waals surface area (Å²) < 4.78 is 5.80. The summed E-state index contributed by atoms with van der Waals surface area (Å²) in [4.78, 5) is 0. The van der Waals surface area contributed by atoms with Gasteiger partial charge in [0.1, 0.15) is 6.10 Å². The smallest absolute Gasteiger partial charge is 0.109 e. The molecule has 0 spiro atoms. The molecule has 2 rings (SSSR count). The zero-order valence-electron chi connectivity index (χ0n) is 9.41. The van der Waals surface area contributed by atoms with Crippen molar-refractivity contribution in [1.82, 2.24) is 0 Å². The number of ether oxygens (including phenoxy) is 1. The summed E-state index contributed by atoms with van der Waals surface area (Å²) in [7, 11) is 0. The van der Waals surface area contributed by atoms with E-state index in [0.29, 0.717) is 6.42 Å². The number of hydrogen-bond acceptors (Lipinski definition) is 3. The monoisotopic (exact) mass is 222 g/mol. The molecule has 1 aliphatic rings. The molecule has 16 heavy (non-hydrogen) atoms. The van der Waals surface area contributed by atoms with E-state index in [0.717, 1.165) is 5.56 Å². The van der Waals surface area contributed by atoms with E-state index in [2.05, 4.69) is 0 Å². The van der Waals surface area contributed by atoms with Crippen molar-refractivity contribution in [3.05, 3.63) is 35.9 Å². The average molecular weight is 222 g/mol. The second kappa shape index (κ2) is 4.95. The lowest BCUT2D eigenvalue weighted by molar-refractivity contribution is 0.000796. The Bertz CT molecular complexity index is 325.